The highest BCUT2D eigenvalue weighted by molar-refractivity contribution is 5.93. The van der Waals surface area contributed by atoms with Crippen LogP contribution in [0.1, 0.15) is 29.1 Å². The third kappa shape index (κ3) is 2.40. The third-order valence-electron chi connectivity index (χ3n) is 3.14. The van der Waals surface area contributed by atoms with E-state index in [1.54, 1.807) is 43.7 Å². The molecule has 7 nitrogen and oxygen atoms in total. The summed E-state index contributed by atoms with van der Waals surface area (Å²) in [6, 6.07) is 4.86. The lowest BCUT2D eigenvalue weighted by molar-refractivity contribution is 0.0936. The fraction of sp³-hybridized carbons (Fsp3) is 0.143. The predicted molar refractivity (Wildman–Crippen MR) is 75.9 cm³/mol. The van der Waals surface area contributed by atoms with Gasteiger partial charge in [-0.05, 0) is 19.1 Å². The van der Waals surface area contributed by atoms with Crippen LogP contribution in [0.2, 0.25) is 0 Å². The standard InChI is InChI=1S/C14H13N5O2/c1-9(12-15-5-6-16-12)18-13(20)10-8-17-11-4-2-3-7-19(11)14(10)21/h2-9H,1H3,(H,15,16)(H,18,20). The van der Waals surface area contributed by atoms with Gasteiger partial charge in [-0.15, -0.1) is 0 Å². The summed E-state index contributed by atoms with van der Waals surface area (Å²) in [5.74, 6) is 0.145. The van der Waals surface area contributed by atoms with Gasteiger partial charge < -0.3 is 10.3 Å². The average Bonchev–Trinajstić information content (AvgIpc) is 3.02. The maximum Gasteiger partial charge on any atom is 0.270 e. The van der Waals surface area contributed by atoms with E-state index >= 15 is 0 Å². The van der Waals surface area contributed by atoms with Crippen LogP contribution in [0.25, 0.3) is 5.65 Å². The number of H-pyrrole nitrogens is 1. The number of pyridine rings is 1. The van der Waals surface area contributed by atoms with Crippen molar-refractivity contribution in [1.29, 1.82) is 0 Å². The lowest BCUT2D eigenvalue weighted by Crippen LogP contribution is -2.33. The Bertz CT molecular complexity index is 838. The van der Waals surface area contributed by atoms with Crippen LogP contribution < -0.4 is 10.9 Å². The minimum absolute atomic E-state index is 0.00268. The summed E-state index contributed by atoms with van der Waals surface area (Å²) in [6.45, 7) is 1.78. The van der Waals surface area contributed by atoms with E-state index in [1.165, 1.54) is 10.6 Å². The highest BCUT2D eigenvalue weighted by atomic mass is 16.2. The number of carbonyl (C=O) groups is 1. The number of nitrogens with one attached hydrogen (secondary N) is 2. The normalized spacial score (nSPS) is 12.2. The second kappa shape index (κ2) is 5.20. The third-order valence-corrected chi connectivity index (χ3v) is 3.14. The highest BCUT2D eigenvalue weighted by Gasteiger charge is 2.17. The van der Waals surface area contributed by atoms with Gasteiger partial charge in [-0.3, -0.25) is 14.0 Å². The molecular weight excluding hydrogens is 270 g/mol. The Balaban J connectivity index is 1.92. The van der Waals surface area contributed by atoms with Gasteiger partial charge in [-0.2, -0.15) is 0 Å². The van der Waals surface area contributed by atoms with Crippen molar-refractivity contribution in [3.05, 3.63) is 64.7 Å². The van der Waals surface area contributed by atoms with E-state index in [9.17, 15) is 9.59 Å². The lowest BCUT2D eigenvalue weighted by Gasteiger charge is -2.11. The Morgan fingerprint density at radius 2 is 2.24 bits per heavy atom. The summed E-state index contributed by atoms with van der Waals surface area (Å²) in [6.07, 6.45) is 6.15. The van der Waals surface area contributed by atoms with Gasteiger partial charge in [-0.1, -0.05) is 6.07 Å². The topological polar surface area (TPSA) is 92.2 Å². The Morgan fingerprint density at radius 3 is 3.00 bits per heavy atom. The summed E-state index contributed by atoms with van der Waals surface area (Å²) in [7, 11) is 0. The second-order valence-corrected chi connectivity index (χ2v) is 4.58. The number of aromatic nitrogens is 4. The Kier molecular flexibility index (Phi) is 3.23. The van der Waals surface area contributed by atoms with Crippen molar-refractivity contribution in [1.82, 2.24) is 24.7 Å². The van der Waals surface area contributed by atoms with Crippen molar-refractivity contribution in [3.8, 4) is 0 Å². The van der Waals surface area contributed by atoms with Gasteiger partial charge in [0.15, 0.2) is 0 Å². The lowest BCUT2D eigenvalue weighted by atomic mass is 10.2. The molecule has 2 N–H and O–H groups in total. The van der Waals surface area contributed by atoms with Gasteiger partial charge >= 0.3 is 0 Å². The van der Waals surface area contributed by atoms with Gasteiger partial charge in [0, 0.05) is 24.8 Å². The summed E-state index contributed by atoms with van der Waals surface area (Å²) in [5, 5.41) is 2.72. The molecule has 21 heavy (non-hydrogen) atoms. The Morgan fingerprint density at radius 1 is 1.38 bits per heavy atom. The first-order chi connectivity index (χ1) is 10.2. The fourth-order valence-corrected chi connectivity index (χ4v) is 2.04. The summed E-state index contributed by atoms with van der Waals surface area (Å²) >= 11 is 0. The number of imidazole rings is 1. The second-order valence-electron chi connectivity index (χ2n) is 4.58. The number of aromatic amines is 1. The first kappa shape index (κ1) is 13.0. The van der Waals surface area contributed by atoms with Crippen molar-refractivity contribution < 1.29 is 4.79 Å². The van der Waals surface area contributed by atoms with E-state index in [-0.39, 0.29) is 11.6 Å². The molecule has 1 atom stereocenters. The zero-order valence-electron chi connectivity index (χ0n) is 11.3. The maximum absolute atomic E-state index is 12.3. The highest BCUT2D eigenvalue weighted by Crippen LogP contribution is 2.06. The SMILES string of the molecule is CC(NC(=O)c1cnc2ccccn2c1=O)c1ncc[nH]1. The molecular formula is C14H13N5O2. The first-order valence-corrected chi connectivity index (χ1v) is 6.43. The van der Waals surface area contributed by atoms with Gasteiger partial charge in [-0.25, -0.2) is 9.97 Å². The largest absolute Gasteiger partial charge is 0.347 e. The van der Waals surface area contributed by atoms with Gasteiger partial charge in [0.25, 0.3) is 11.5 Å². The van der Waals surface area contributed by atoms with Crippen molar-refractivity contribution >= 4 is 11.6 Å². The molecule has 1 unspecified atom stereocenters. The summed E-state index contributed by atoms with van der Waals surface area (Å²) in [5.41, 5.74) is 0.0972. The quantitative estimate of drug-likeness (QED) is 0.747. The average molecular weight is 283 g/mol. The van der Waals surface area contributed by atoms with Crippen LogP contribution in [-0.2, 0) is 0 Å². The molecule has 0 saturated heterocycles. The molecule has 0 aliphatic heterocycles. The van der Waals surface area contributed by atoms with E-state index in [4.69, 9.17) is 0 Å². The number of hydrogen-bond acceptors (Lipinski definition) is 4. The zero-order valence-corrected chi connectivity index (χ0v) is 11.3. The molecule has 0 saturated carbocycles. The Labute approximate surface area is 119 Å². The van der Waals surface area contributed by atoms with Crippen molar-refractivity contribution in [2.24, 2.45) is 0 Å². The molecule has 3 rings (SSSR count). The molecule has 3 aromatic heterocycles. The molecule has 0 fully saturated rings. The first-order valence-electron chi connectivity index (χ1n) is 6.43. The van der Waals surface area contributed by atoms with Crippen LogP contribution in [0.5, 0.6) is 0 Å². The molecule has 0 bridgehead atoms. The minimum atomic E-state index is -0.477. The summed E-state index contributed by atoms with van der Waals surface area (Å²) in [4.78, 5) is 35.6. The van der Waals surface area contributed by atoms with E-state index in [0.29, 0.717) is 11.5 Å². The van der Waals surface area contributed by atoms with Crippen LogP contribution in [-0.4, -0.2) is 25.3 Å². The predicted octanol–water partition coefficient (Wildman–Crippen LogP) is 0.909. The van der Waals surface area contributed by atoms with E-state index < -0.39 is 11.5 Å². The minimum Gasteiger partial charge on any atom is -0.347 e. The maximum atomic E-state index is 12.3. The molecule has 0 aliphatic rings. The van der Waals surface area contributed by atoms with Crippen LogP contribution in [0, 0.1) is 0 Å². The van der Waals surface area contributed by atoms with Crippen LogP contribution in [0.15, 0.2) is 47.8 Å². The number of nitrogens with zero attached hydrogens (tertiary/aromatic N) is 3. The van der Waals surface area contributed by atoms with Crippen molar-refractivity contribution in [3.63, 3.8) is 0 Å². The molecule has 3 aromatic rings. The summed E-state index contributed by atoms with van der Waals surface area (Å²) < 4.78 is 1.34. The zero-order chi connectivity index (χ0) is 14.8. The van der Waals surface area contributed by atoms with Gasteiger partial charge in [0.1, 0.15) is 17.0 Å². The molecule has 0 aliphatic carbocycles. The molecule has 0 radical (unpaired) electrons. The number of rotatable bonds is 3. The number of hydrogen-bond donors (Lipinski definition) is 2. The van der Waals surface area contributed by atoms with Crippen LogP contribution in [0.3, 0.4) is 0 Å². The van der Waals surface area contributed by atoms with Crippen LogP contribution in [0.4, 0.5) is 0 Å². The molecule has 0 aromatic carbocycles. The van der Waals surface area contributed by atoms with Gasteiger partial charge in [0.2, 0.25) is 0 Å². The number of carbonyl (C=O) groups excluding carboxylic acids is 1. The smallest absolute Gasteiger partial charge is 0.270 e. The van der Waals surface area contributed by atoms with Crippen molar-refractivity contribution in [2.75, 3.05) is 0 Å². The molecule has 1 amide bonds. The molecule has 106 valence electrons. The van der Waals surface area contributed by atoms with Crippen LogP contribution >= 0.6 is 0 Å². The number of amides is 1. The number of fused-ring (bicyclic) bond motifs is 1. The van der Waals surface area contributed by atoms with E-state index in [1.807, 2.05) is 0 Å². The van der Waals surface area contributed by atoms with E-state index in [0.717, 1.165) is 0 Å². The van der Waals surface area contributed by atoms with Crippen molar-refractivity contribution in [2.45, 2.75) is 13.0 Å². The molecule has 0 spiro atoms. The van der Waals surface area contributed by atoms with E-state index in [2.05, 4.69) is 20.3 Å². The molecule has 7 heteroatoms. The monoisotopic (exact) mass is 283 g/mol. The molecule has 3 heterocycles. The fourth-order valence-electron chi connectivity index (χ4n) is 2.04. The van der Waals surface area contributed by atoms with Gasteiger partial charge in [0.05, 0.1) is 6.04 Å². The Hall–Kier alpha value is -2.96.